The van der Waals surface area contributed by atoms with Crippen molar-refractivity contribution in [1.29, 1.82) is 0 Å². The van der Waals surface area contributed by atoms with Gasteiger partial charge in [0.25, 0.3) is 0 Å². The predicted molar refractivity (Wildman–Crippen MR) is 65.1 cm³/mol. The van der Waals surface area contributed by atoms with Gasteiger partial charge in [0.2, 0.25) is 0 Å². The molecular weight excluding hydrogens is 184 g/mol. The zero-order valence-corrected chi connectivity index (χ0v) is 9.97. The second kappa shape index (κ2) is 4.54. The van der Waals surface area contributed by atoms with E-state index in [1.807, 2.05) is 0 Å². The molecule has 2 heteroatoms. The summed E-state index contributed by atoms with van der Waals surface area (Å²) in [4.78, 5) is 4.85. The van der Waals surface area contributed by atoms with Crippen LogP contribution in [-0.2, 0) is 0 Å². The molecule has 2 nitrogen and oxygen atoms in total. The molecule has 2 saturated carbocycles. The number of nitrogens with zero attached hydrogens (tertiary/aromatic N) is 1. The van der Waals surface area contributed by atoms with Crippen LogP contribution < -0.4 is 5.73 Å². The van der Waals surface area contributed by atoms with Crippen LogP contribution in [0.2, 0.25) is 0 Å². The molecule has 2 N–H and O–H groups in total. The third-order valence-corrected chi connectivity index (χ3v) is 4.33. The molecular formula is C13H24N2. The molecule has 0 aromatic carbocycles. The number of amidine groups is 1. The highest BCUT2D eigenvalue weighted by Crippen LogP contribution is 2.39. The average molecular weight is 208 g/mol. The maximum Gasteiger partial charge on any atom is 0.0975 e. The predicted octanol–water partition coefficient (Wildman–Crippen LogP) is 3.26. The molecule has 2 rings (SSSR count). The third-order valence-electron chi connectivity index (χ3n) is 4.33. The van der Waals surface area contributed by atoms with Gasteiger partial charge >= 0.3 is 0 Å². The Balaban J connectivity index is 1.98. The highest BCUT2D eigenvalue weighted by atomic mass is 15.0. The van der Waals surface area contributed by atoms with Crippen molar-refractivity contribution in [3.63, 3.8) is 0 Å². The second-order valence-corrected chi connectivity index (χ2v) is 5.30. The van der Waals surface area contributed by atoms with Crippen LogP contribution in [-0.4, -0.2) is 11.4 Å². The third kappa shape index (κ3) is 2.35. The van der Waals surface area contributed by atoms with Gasteiger partial charge in [0.05, 0.1) is 11.4 Å². The summed E-state index contributed by atoms with van der Waals surface area (Å²) < 4.78 is 0. The fourth-order valence-electron chi connectivity index (χ4n) is 2.89. The minimum Gasteiger partial charge on any atom is -0.387 e. The quantitative estimate of drug-likeness (QED) is 0.561. The highest BCUT2D eigenvalue weighted by molar-refractivity contribution is 5.83. The monoisotopic (exact) mass is 208 g/mol. The van der Waals surface area contributed by atoms with E-state index >= 15 is 0 Å². The first-order valence-electron chi connectivity index (χ1n) is 6.61. The van der Waals surface area contributed by atoms with Gasteiger partial charge in [-0.15, -0.1) is 0 Å². The Bertz CT molecular complexity index is 229. The summed E-state index contributed by atoms with van der Waals surface area (Å²) in [6, 6.07) is 0. The largest absolute Gasteiger partial charge is 0.387 e. The lowest BCUT2D eigenvalue weighted by atomic mass is 9.75. The molecule has 0 saturated heterocycles. The number of hydrogen-bond donors (Lipinski definition) is 1. The lowest BCUT2D eigenvalue weighted by molar-refractivity contribution is 0.241. The molecule has 2 aliphatic carbocycles. The van der Waals surface area contributed by atoms with Crippen molar-refractivity contribution in [3.8, 4) is 0 Å². The number of rotatable bonds is 3. The molecule has 0 heterocycles. The van der Waals surface area contributed by atoms with E-state index in [4.69, 9.17) is 10.7 Å². The maximum absolute atomic E-state index is 6.17. The summed E-state index contributed by atoms with van der Waals surface area (Å²) in [6.45, 7) is 2.25. The molecule has 0 radical (unpaired) electrons. The fraction of sp³-hybridized carbons (Fsp3) is 0.923. The molecule has 86 valence electrons. The SMILES string of the molecule is CCC1(N=C(N)C2CCCCC2)CCC1. The minimum absolute atomic E-state index is 0.252. The maximum atomic E-state index is 6.17. The summed E-state index contributed by atoms with van der Waals surface area (Å²) in [5.41, 5.74) is 6.42. The van der Waals surface area contributed by atoms with Crippen LogP contribution in [0.15, 0.2) is 4.99 Å². The first-order valence-corrected chi connectivity index (χ1v) is 6.61. The molecule has 0 atom stereocenters. The normalized spacial score (nSPS) is 27.4. The molecule has 15 heavy (non-hydrogen) atoms. The van der Waals surface area contributed by atoms with Gasteiger partial charge in [0, 0.05) is 5.92 Å². The van der Waals surface area contributed by atoms with E-state index in [9.17, 15) is 0 Å². The lowest BCUT2D eigenvalue weighted by Crippen LogP contribution is -2.38. The standard InChI is InChI=1S/C13H24N2/c1-2-13(9-6-10-13)15-12(14)11-7-4-3-5-8-11/h11H,2-10H2,1H3,(H2,14,15). The Morgan fingerprint density at radius 3 is 2.33 bits per heavy atom. The molecule has 0 aliphatic heterocycles. The Hall–Kier alpha value is -0.530. The van der Waals surface area contributed by atoms with Crippen LogP contribution in [0, 0.1) is 5.92 Å². The van der Waals surface area contributed by atoms with Crippen LogP contribution >= 0.6 is 0 Å². The fourth-order valence-corrected chi connectivity index (χ4v) is 2.89. The summed E-state index contributed by atoms with van der Waals surface area (Å²) in [5, 5.41) is 0. The Morgan fingerprint density at radius 1 is 1.20 bits per heavy atom. The van der Waals surface area contributed by atoms with Crippen molar-refractivity contribution >= 4 is 5.84 Å². The summed E-state index contributed by atoms with van der Waals surface area (Å²) in [7, 11) is 0. The molecule has 0 spiro atoms. The Morgan fingerprint density at radius 2 is 1.87 bits per heavy atom. The van der Waals surface area contributed by atoms with Crippen LogP contribution in [0.25, 0.3) is 0 Å². The molecule has 2 aliphatic rings. The van der Waals surface area contributed by atoms with Gasteiger partial charge in [-0.25, -0.2) is 0 Å². The van der Waals surface area contributed by atoms with E-state index in [0.717, 1.165) is 5.84 Å². The molecule has 0 aromatic rings. The highest BCUT2D eigenvalue weighted by Gasteiger charge is 2.35. The molecule has 0 aromatic heterocycles. The molecule has 2 fully saturated rings. The van der Waals surface area contributed by atoms with Crippen molar-refractivity contribution < 1.29 is 0 Å². The van der Waals surface area contributed by atoms with E-state index in [2.05, 4.69) is 6.92 Å². The number of hydrogen-bond acceptors (Lipinski definition) is 1. The summed E-state index contributed by atoms with van der Waals surface area (Å²) in [6.07, 6.45) is 11.7. The minimum atomic E-state index is 0.252. The van der Waals surface area contributed by atoms with Gasteiger partial charge in [-0.1, -0.05) is 26.2 Å². The van der Waals surface area contributed by atoms with Gasteiger partial charge in [-0.3, -0.25) is 4.99 Å². The number of aliphatic imine (C=N–C) groups is 1. The van der Waals surface area contributed by atoms with Gasteiger partial charge in [-0.2, -0.15) is 0 Å². The van der Waals surface area contributed by atoms with E-state index in [-0.39, 0.29) is 5.54 Å². The van der Waals surface area contributed by atoms with Crippen LogP contribution in [0.1, 0.15) is 64.7 Å². The van der Waals surface area contributed by atoms with Gasteiger partial charge < -0.3 is 5.73 Å². The van der Waals surface area contributed by atoms with Crippen molar-refractivity contribution in [2.75, 3.05) is 0 Å². The lowest BCUT2D eigenvalue weighted by Gasteiger charge is -2.38. The second-order valence-electron chi connectivity index (χ2n) is 5.30. The van der Waals surface area contributed by atoms with Crippen LogP contribution in [0.3, 0.4) is 0 Å². The first-order chi connectivity index (χ1) is 7.26. The molecule has 0 amide bonds. The smallest absolute Gasteiger partial charge is 0.0975 e. The topological polar surface area (TPSA) is 38.4 Å². The molecule has 0 unspecified atom stereocenters. The zero-order chi connectivity index (χ0) is 10.7. The van der Waals surface area contributed by atoms with Crippen molar-refractivity contribution in [1.82, 2.24) is 0 Å². The van der Waals surface area contributed by atoms with Crippen LogP contribution in [0.4, 0.5) is 0 Å². The Labute approximate surface area is 93.3 Å². The van der Waals surface area contributed by atoms with Crippen molar-refractivity contribution in [2.24, 2.45) is 16.6 Å². The molecule has 0 bridgehead atoms. The van der Waals surface area contributed by atoms with Gasteiger partial charge in [0.1, 0.15) is 0 Å². The summed E-state index contributed by atoms with van der Waals surface area (Å²) in [5.74, 6) is 1.57. The number of nitrogens with two attached hydrogens (primary N) is 1. The van der Waals surface area contributed by atoms with E-state index < -0.39 is 0 Å². The van der Waals surface area contributed by atoms with Gasteiger partial charge in [0.15, 0.2) is 0 Å². The first kappa shape index (κ1) is 11.0. The van der Waals surface area contributed by atoms with E-state index in [1.165, 1.54) is 57.8 Å². The van der Waals surface area contributed by atoms with Gasteiger partial charge in [-0.05, 0) is 38.5 Å². The van der Waals surface area contributed by atoms with Crippen molar-refractivity contribution in [2.45, 2.75) is 70.3 Å². The average Bonchev–Trinajstić information content (AvgIpc) is 2.24. The summed E-state index contributed by atoms with van der Waals surface area (Å²) >= 11 is 0. The zero-order valence-electron chi connectivity index (χ0n) is 9.97. The Kier molecular flexibility index (Phi) is 3.32. The van der Waals surface area contributed by atoms with E-state index in [1.54, 1.807) is 0 Å². The van der Waals surface area contributed by atoms with Crippen LogP contribution in [0.5, 0.6) is 0 Å². The van der Waals surface area contributed by atoms with Crippen molar-refractivity contribution in [3.05, 3.63) is 0 Å². The van der Waals surface area contributed by atoms with E-state index in [0.29, 0.717) is 5.92 Å².